The Morgan fingerprint density at radius 1 is 1.17 bits per heavy atom. The van der Waals surface area contributed by atoms with E-state index in [4.69, 9.17) is 9.73 Å². The summed E-state index contributed by atoms with van der Waals surface area (Å²) in [6.07, 6.45) is 8.41. The summed E-state index contributed by atoms with van der Waals surface area (Å²) in [6, 6.07) is 0.479. The Kier molecular flexibility index (Phi) is 12.0. The molecule has 0 aromatic heterocycles. The Balaban J connectivity index is 0.00000288. The molecule has 1 saturated heterocycles. The summed E-state index contributed by atoms with van der Waals surface area (Å²) < 4.78 is 5.42. The summed E-state index contributed by atoms with van der Waals surface area (Å²) in [5, 5.41) is 6.90. The molecule has 1 aliphatic carbocycles. The van der Waals surface area contributed by atoms with Gasteiger partial charge in [0.25, 0.3) is 0 Å². The minimum absolute atomic E-state index is 0. The topological polar surface area (TPSA) is 48.9 Å². The molecular weight excluding hydrogens is 415 g/mol. The molecule has 1 atom stereocenters. The highest BCUT2D eigenvalue weighted by Crippen LogP contribution is 2.25. The van der Waals surface area contributed by atoms with E-state index in [1.807, 2.05) is 0 Å². The van der Waals surface area contributed by atoms with Crippen LogP contribution in [0.2, 0.25) is 0 Å². The van der Waals surface area contributed by atoms with Gasteiger partial charge in [0.05, 0.1) is 19.8 Å². The second-order valence-corrected chi connectivity index (χ2v) is 6.94. The molecule has 0 radical (unpaired) electrons. The molecule has 0 aromatic carbocycles. The van der Waals surface area contributed by atoms with Gasteiger partial charge in [-0.15, -0.1) is 24.0 Å². The maximum atomic E-state index is 5.42. The molecule has 0 amide bonds. The lowest BCUT2D eigenvalue weighted by Gasteiger charge is -2.31. The van der Waals surface area contributed by atoms with E-state index >= 15 is 0 Å². The number of ether oxygens (including phenoxy) is 1. The molecule has 24 heavy (non-hydrogen) atoms. The smallest absolute Gasteiger partial charge is 0.191 e. The van der Waals surface area contributed by atoms with Gasteiger partial charge < -0.3 is 15.4 Å². The van der Waals surface area contributed by atoms with Crippen LogP contribution in [0.1, 0.15) is 52.4 Å². The van der Waals surface area contributed by atoms with Crippen LogP contribution < -0.4 is 10.6 Å². The van der Waals surface area contributed by atoms with E-state index in [-0.39, 0.29) is 24.0 Å². The zero-order valence-corrected chi connectivity index (χ0v) is 17.9. The lowest BCUT2D eigenvalue weighted by molar-refractivity contribution is 0.0220. The second kappa shape index (κ2) is 13.2. The average Bonchev–Trinajstić information content (AvgIpc) is 2.61. The average molecular weight is 452 g/mol. The Morgan fingerprint density at radius 3 is 2.54 bits per heavy atom. The number of rotatable bonds is 7. The van der Waals surface area contributed by atoms with Crippen LogP contribution in [-0.2, 0) is 4.74 Å². The first kappa shape index (κ1) is 22.0. The van der Waals surface area contributed by atoms with E-state index in [2.05, 4.69) is 29.4 Å². The number of guanidine groups is 1. The highest BCUT2D eigenvalue weighted by Gasteiger charge is 2.17. The Bertz CT molecular complexity index is 342. The maximum Gasteiger partial charge on any atom is 0.191 e. The monoisotopic (exact) mass is 452 g/mol. The summed E-state index contributed by atoms with van der Waals surface area (Å²) in [5.74, 6) is 1.90. The minimum atomic E-state index is 0. The molecule has 0 bridgehead atoms. The summed E-state index contributed by atoms with van der Waals surface area (Å²) in [5.41, 5.74) is 0. The van der Waals surface area contributed by atoms with Crippen molar-refractivity contribution in [1.82, 2.24) is 15.5 Å². The van der Waals surface area contributed by atoms with Crippen LogP contribution in [-0.4, -0.2) is 62.8 Å². The van der Waals surface area contributed by atoms with Crippen molar-refractivity contribution < 1.29 is 4.74 Å². The Hall–Kier alpha value is -0.0800. The summed E-state index contributed by atoms with van der Waals surface area (Å²) in [4.78, 5) is 7.25. The van der Waals surface area contributed by atoms with Crippen molar-refractivity contribution in [3.63, 3.8) is 0 Å². The highest BCUT2D eigenvalue weighted by molar-refractivity contribution is 14.0. The van der Waals surface area contributed by atoms with Gasteiger partial charge in [0.1, 0.15) is 0 Å². The third-order valence-corrected chi connectivity index (χ3v) is 5.10. The molecule has 0 aromatic rings. The molecule has 2 aliphatic rings. The van der Waals surface area contributed by atoms with Crippen LogP contribution in [0.15, 0.2) is 4.99 Å². The Morgan fingerprint density at radius 2 is 1.88 bits per heavy atom. The van der Waals surface area contributed by atoms with E-state index in [1.165, 1.54) is 38.5 Å². The number of nitrogens with one attached hydrogen (secondary N) is 2. The Labute approximate surface area is 165 Å². The van der Waals surface area contributed by atoms with Crippen LogP contribution in [0.25, 0.3) is 0 Å². The first-order valence-electron chi connectivity index (χ1n) is 9.63. The van der Waals surface area contributed by atoms with Crippen molar-refractivity contribution in [2.75, 3.05) is 45.9 Å². The third kappa shape index (κ3) is 8.34. The molecule has 1 aliphatic heterocycles. The van der Waals surface area contributed by atoms with Crippen molar-refractivity contribution in [1.29, 1.82) is 0 Å². The fourth-order valence-corrected chi connectivity index (χ4v) is 3.57. The SMILES string of the molecule is CCNC(=NCC(C)N1CCOCC1)NCCC1CCCCC1.I. The van der Waals surface area contributed by atoms with Gasteiger partial charge in [-0.2, -0.15) is 0 Å². The second-order valence-electron chi connectivity index (χ2n) is 6.94. The summed E-state index contributed by atoms with van der Waals surface area (Å²) in [6.45, 7) is 11.0. The summed E-state index contributed by atoms with van der Waals surface area (Å²) in [7, 11) is 0. The van der Waals surface area contributed by atoms with Crippen LogP contribution in [0, 0.1) is 5.92 Å². The van der Waals surface area contributed by atoms with Gasteiger partial charge >= 0.3 is 0 Å². The number of hydrogen-bond acceptors (Lipinski definition) is 3. The minimum Gasteiger partial charge on any atom is -0.379 e. The van der Waals surface area contributed by atoms with Gasteiger partial charge in [0.2, 0.25) is 0 Å². The van der Waals surface area contributed by atoms with Gasteiger partial charge in [0, 0.05) is 32.2 Å². The van der Waals surface area contributed by atoms with Crippen LogP contribution in [0.5, 0.6) is 0 Å². The number of nitrogens with zero attached hydrogens (tertiary/aromatic N) is 2. The molecule has 2 fully saturated rings. The normalized spacial score (nSPS) is 21.8. The molecule has 142 valence electrons. The standard InChI is InChI=1S/C18H36N4O.HI/c1-3-19-18(20-10-9-17-7-5-4-6-8-17)21-15-16(2)22-11-13-23-14-12-22;/h16-17H,3-15H2,1-2H3,(H2,19,20,21);1H. The number of aliphatic imine (C=N–C) groups is 1. The van der Waals surface area contributed by atoms with Crippen molar-refractivity contribution in [2.24, 2.45) is 10.9 Å². The van der Waals surface area contributed by atoms with Gasteiger partial charge in [-0.25, -0.2) is 0 Å². The molecular formula is C18H37IN4O. The van der Waals surface area contributed by atoms with Crippen molar-refractivity contribution in [3.05, 3.63) is 0 Å². The van der Waals surface area contributed by atoms with E-state index < -0.39 is 0 Å². The number of morpholine rings is 1. The predicted octanol–water partition coefficient (Wildman–Crippen LogP) is 2.85. The number of hydrogen-bond donors (Lipinski definition) is 2. The first-order chi connectivity index (χ1) is 11.3. The molecule has 1 heterocycles. The van der Waals surface area contributed by atoms with Crippen LogP contribution >= 0.6 is 24.0 Å². The van der Waals surface area contributed by atoms with Gasteiger partial charge in [-0.3, -0.25) is 9.89 Å². The van der Waals surface area contributed by atoms with Gasteiger partial charge in [-0.1, -0.05) is 32.1 Å². The number of halogens is 1. The molecule has 5 nitrogen and oxygen atoms in total. The third-order valence-electron chi connectivity index (χ3n) is 5.10. The predicted molar refractivity (Wildman–Crippen MR) is 112 cm³/mol. The van der Waals surface area contributed by atoms with Crippen molar-refractivity contribution in [3.8, 4) is 0 Å². The molecule has 6 heteroatoms. The van der Waals surface area contributed by atoms with Crippen LogP contribution in [0.4, 0.5) is 0 Å². The lowest BCUT2D eigenvalue weighted by atomic mass is 9.87. The van der Waals surface area contributed by atoms with Crippen molar-refractivity contribution in [2.45, 2.75) is 58.4 Å². The maximum absolute atomic E-state index is 5.42. The van der Waals surface area contributed by atoms with E-state index in [1.54, 1.807) is 0 Å². The van der Waals surface area contributed by atoms with E-state index in [0.717, 1.165) is 57.8 Å². The van der Waals surface area contributed by atoms with Crippen LogP contribution in [0.3, 0.4) is 0 Å². The molecule has 1 saturated carbocycles. The van der Waals surface area contributed by atoms with Gasteiger partial charge in [0.15, 0.2) is 5.96 Å². The first-order valence-corrected chi connectivity index (χ1v) is 9.63. The van der Waals surface area contributed by atoms with E-state index in [0.29, 0.717) is 6.04 Å². The van der Waals surface area contributed by atoms with E-state index in [9.17, 15) is 0 Å². The fraction of sp³-hybridized carbons (Fsp3) is 0.944. The fourth-order valence-electron chi connectivity index (χ4n) is 3.57. The summed E-state index contributed by atoms with van der Waals surface area (Å²) >= 11 is 0. The molecule has 2 rings (SSSR count). The zero-order chi connectivity index (χ0) is 16.3. The molecule has 0 spiro atoms. The molecule has 1 unspecified atom stereocenters. The largest absolute Gasteiger partial charge is 0.379 e. The zero-order valence-electron chi connectivity index (χ0n) is 15.6. The highest BCUT2D eigenvalue weighted by atomic mass is 127. The lowest BCUT2D eigenvalue weighted by Crippen LogP contribution is -2.44. The van der Waals surface area contributed by atoms with Crippen molar-refractivity contribution >= 4 is 29.9 Å². The quantitative estimate of drug-likeness (QED) is 0.355. The van der Waals surface area contributed by atoms with Gasteiger partial charge in [-0.05, 0) is 26.2 Å². The molecule has 2 N–H and O–H groups in total.